The molecule has 0 amide bonds. The fraction of sp³-hybridized carbons (Fsp3) is 0.0833. The molecule has 0 aliphatic carbocycles. The van der Waals surface area contributed by atoms with Gasteiger partial charge in [0.05, 0.1) is 24.5 Å². The Morgan fingerprint density at radius 3 is 2.89 bits per heavy atom. The van der Waals surface area contributed by atoms with Gasteiger partial charge in [-0.15, -0.1) is 0 Å². The van der Waals surface area contributed by atoms with Crippen molar-refractivity contribution >= 4 is 17.3 Å². The molecule has 1 heterocycles. The minimum atomic E-state index is -0.544. The Labute approximate surface area is 112 Å². The lowest BCUT2D eigenvalue weighted by Gasteiger charge is -2.07. The quantitative estimate of drug-likeness (QED) is 0.845. The van der Waals surface area contributed by atoms with Gasteiger partial charge in [-0.05, 0) is 23.8 Å². The van der Waals surface area contributed by atoms with Gasteiger partial charge in [-0.25, -0.2) is 9.37 Å². The van der Waals surface area contributed by atoms with Crippen molar-refractivity contribution < 1.29 is 4.39 Å². The average molecular weight is 279 g/mol. The zero-order chi connectivity index (χ0) is 14.0. The van der Waals surface area contributed by atoms with Gasteiger partial charge in [-0.1, -0.05) is 11.6 Å². The Balaban J connectivity index is 2.43. The zero-order valence-corrected chi connectivity index (χ0v) is 10.4. The van der Waals surface area contributed by atoms with Crippen LogP contribution >= 0.6 is 11.6 Å². The molecule has 0 radical (unpaired) electrons. The summed E-state index contributed by atoms with van der Waals surface area (Å²) in [7, 11) is 0. The first kappa shape index (κ1) is 13.1. The summed E-state index contributed by atoms with van der Waals surface area (Å²) in [5, 5.41) is 8.68. The third kappa shape index (κ3) is 2.72. The van der Waals surface area contributed by atoms with Crippen molar-refractivity contribution in [3.63, 3.8) is 0 Å². The number of hydrogen-bond donors (Lipinski definition) is 1. The topological polar surface area (TPSA) is 84.7 Å². The molecule has 0 aliphatic heterocycles. The molecule has 0 atom stereocenters. The molecule has 2 N–H and O–H groups in total. The SMILES string of the molecule is N#Cc1cc(F)cc(Cn2cnc(Cl)c(N)c2=O)c1. The number of nitrogens with two attached hydrogens (primary N) is 1. The Morgan fingerprint density at radius 2 is 2.21 bits per heavy atom. The lowest BCUT2D eigenvalue weighted by Crippen LogP contribution is -2.24. The van der Waals surface area contributed by atoms with Crippen molar-refractivity contribution in [2.75, 3.05) is 5.73 Å². The van der Waals surface area contributed by atoms with E-state index in [0.29, 0.717) is 5.56 Å². The normalized spacial score (nSPS) is 10.2. The van der Waals surface area contributed by atoms with Crippen LogP contribution in [-0.4, -0.2) is 9.55 Å². The Morgan fingerprint density at radius 1 is 1.47 bits per heavy atom. The van der Waals surface area contributed by atoms with E-state index in [1.807, 2.05) is 6.07 Å². The summed E-state index contributed by atoms with van der Waals surface area (Å²) < 4.78 is 14.5. The molecule has 0 spiro atoms. The highest BCUT2D eigenvalue weighted by atomic mass is 35.5. The highest BCUT2D eigenvalue weighted by Gasteiger charge is 2.08. The van der Waals surface area contributed by atoms with Crippen molar-refractivity contribution in [1.82, 2.24) is 9.55 Å². The van der Waals surface area contributed by atoms with E-state index in [1.165, 1.54) is 23.0 Å². The molecular formula is C12H8ClFN4O. The van der Waals surface area contributed by atoms with Gasteiger partial charge in [0.1, 0.15) is 11.5 Å². The minimum absolute atomic E-state index is 0.0552. The molecular weight excluding hydrogens is 271 g/mol. The number of nitrogens with zero attached hydrogens (tertiary/aromatic N) is 3. The smallest absolute Gasteiger partial charge is 0.278 e. The predicted octanol–water partition coefficient (Wildman–Crippen LogP) is 1.54. The van der Waals surface area contributed by atoms with Crippen LogP contribution in [0.15, 0.2) is 29.3 Å². The lowest BCUT2D eigenvalue weighted by molar-refractivity contribution is 0.621. The number of nitrogen functional groups attached to an aromatic ring is 1. The third-order valence-electron chi connectivity index (χ3n) is 2.46. The molecule has 0 bridgehead atoms. The van der Waals surface area contributed by atoms with Crippen molar-refractivity contribution in [2.45, 2.75) is 6.54 Å². The molecule has 0 aliphatic rings. The van der Waals surface area contributed by atoms with Gasteiger partial charge in [-0.3, -0.25) is 9.36 Å². The second kappa shape index (κ2) is 5.08. The summed E-state index contributed by atoms with van der Waals surface area (Å²) in [6.45, 7) is 0.0552. The van der Waals surface area contributed by atoms with Crippen molar-refractivity contribution in [2.24, 2.45) is 0 Å². The number of halogens is 2. The zero-order valence-electron chi connectivity index (χ0n) is 9.60. The fourth-order valence-electron chi connectivity index (χ4n) is 1.60. The lowest BCUT2D eigenvalue weighted by atomic mass is 10.1. The summed E-state index contributed by atoms with van der Waals surface area (Å²) in [4.78, 5) is 15.5. The van der Waals surface area contributed by atoms with Crippen LogP contribution in [0.1, 0.15) is 11.1 Å². The largest absolute Gasteiger partial charge is 0.392 e. The summed E-state index contributed by atoms with van der Waals surface area (Å²) in [6.07, 6.45) is 1.22. The molecule has 1 aromatic heterocycles. The molecule has 0 saturated carbocycles. The Hall–Kier alpha value is -2.39. The second-order valence-corrected chi connectivity index (χ2v) is 4.20. The molecule has 0 fully saturated rings. The highest BCUT2D eigenvalue weighted by Crippen LogP contribution is 2.12. The van der Waals surface area contributed by atoms with Crippen LogP contribution in [0.2, 0.25) is 5.15 Å². The number of aromatic nitrogens is 2. The van der Waals surface area contributed by atoms with Gasteiger partial charge in [0.2, 0.25) is 0 Å². The van der Waals surface area contributed by atoms with E-state index in [2.05, 4.69) is 4.98 Å². The first-order valence-electron chi connectivity index (χ1n) is 5.21. The highest BCUT2D eigenvalue weighted by molar-refractivity contribution is 6.31. The number of nitriles is 1. The van der Waals surface area contributed by atoms with Gasteiger partial charge in [0.25, 0.3) is 5.56 Å². The van der Waals surface area contributed by atoms with Crippen molar-refractivity contribution in [3.05, 3.63) is 57.0 Å². The standard InChI is InChI=1S/C12H8ClFN4O/c13-11-10(16)12(19)18(6-17-11)5-8-1-7(4-15)2-9(14)3-8/h1-3,6H,5,16H2. The maximum Gasteiger partial charge on any atom is 0.278 e. The van der Waals surface area contributed by atoms with Gasteiger partial charge in [0, 0.05) is 0 Å². The number of anilines is 1. The summed E-state index contributed by atoms with van der Waals surface area (Å²) in [6, 6.07) is 5.67. The number of rotatable bonds is 2. The van der Waals surface area contributed by atoms with E-state index in [0.717, 1.165) is 6.07 Å². The fourth-order valence-corrected chi connectivity index (χ4v) is 1.73. The molecule has 2 rings (SSSR count). The van der Waals surface area contributed by atoms with Crippen LogP contribution < -0.4 is 11.3 Å². The van der Waals surface area contributed by atoms with Crippen LogP contribution in [0.3, 0.4) is 0 Å². The van der Waals surface area contributed by atoms with Gasteiger partial charge < -0.3 is 5.73 Å². The molecule has 7 heteroatoms. The van der Waals surface area contributed by atoms with E-state index in [9.17, 15) is 9.18 Å². The van der Waals surface area contributed by atoms with Crippen molar-refractivity contribution in [3.8, 4) is 6.07 Å². The molecule has 2 aromatic rings. The monoisotopic (exact) mass is 278 g/mol. The first-order chi connectivity index (χ1) is 9.01. The molecule has 1 aromatic carbocycles. The van der Waals surface area contributed by atoms with Crippen LogP contribution in [0.5, 0.6) is 0 Å². The third-order valence-corrected chi connectivity index (χ3v) is 2.76. The van der Waals surface area contributed by atoms with Crippen LogP contribution in [0, 0.1) is 17.1 Å². The minimum Gasteiger partial charge on any atom is -0.392 e. The first-order valence-corrected chi connectivity index (χ1v) is 5.59. The van der Waals surface area contributed by atoms with Gasteiger partial charge in [-0.2, -0.15) is 5.26 Å². The Bertz CT molecular complexity index is 735. The molecule has 0 saturated heterocycles. The van der Waals surface area contributed by atoms with E-state index < -0.39 is 11.4 Å². The maximum absolute atomic E-state index is 13.3. The maximum atomic E-state index is 13.3. The number of benzene rings is 1. The van der Waals surface area contributed by atoms with E-state index in [1.54, 1.807) is 0 Å². The Kier molecular flexibility index (Phi) is 3.49. The van der Waals surface area contributed by atoms with E-state index in [-0.39, 0.29) is 22.9 Å². The number of hydrogen-bond acceptors (Lipinski definition) is 4. The van der Waals surface area contributed by atoms with Crippen LogP contribution in [0.4, 0.5) is 10.1 Å². The molecule has 96 valence electrons. The molecule has 19 heavy (non-hydrogen) atoms. The molecule has 5 nitrogen and oxygen atoms in total. The predicted molar refractivity (Wildman–Crippen MR) is 68.1 cm³/mol. The van der Waals surface area contributed by atoms with Gasteiger partial charge >= 0.3 is 0 Å². The van der Waals surface area contributed by atoms with Gasteiger partial charge in [0.15, 0.2) is 5.15 Å². The summed E-state index contributed by atoms with van der Waals surface area (Å²) in [5.74, 6) is -0.544. The summed E-state index contributed by atoms with van der Waals surface area (Å²) in [5.41, 5.74) is 5.43. The van der Waals surface area contributed by atoms with E-state index >= 15 is 0 Å². The average Bonchev–Trinajstić information content (AvgIpc) is 2.39. The van der Waals surface area contributed by atoms with Crippen LogP contribution in [0.25, 0.3) is 0 Å². The summed E-state index contributed by atoms with van der Waals surface area (Å²) >= 11 is 5.61. The second-order valence-electron chi connectivity index (χ2n) is 3.84. The van der Waals surface area contributed by atoms with Crippen molar-refractivity contribution in [1.29, 1.82) is 5.26 Å². The molecule has 0 unspecified atom stereocenters. The van der Waals surface area contributed by atoms with E-state index in [4.69, 9.17) is 22.6 Å². The van der Waals surface area contributed by atoms with Crippen LogP contribution in [-0.2, 0) is 6.54 Å².